The molecule has 2 spiro atoms. The largest absolute Gasteiger partial charge is 0.352 e. The fourth-order valence-electron chi connectivity index (χ4n) is 12.8. The summed E-state index contributed by atoms with van der Waals surface area (Å²) in [6, 6.07) is 18.2. The summed E-state index contributed by atoms with van der Waals surface area (Å²) in [4.78, 5) is 58.7. The number of fused-ring (bicyclic) bond motifs is 10. The van der Waals surface area contributed by atoms with Crippen molar-refractivity contribution in [3.05, 3.63) is 126 Å². The van der Waals surface area contributed by atoms with E-state index < -0.39 is 16.5 Å². The number of hydrogen-bond acceptors (Lipinski definition) is 4. The van der Waals surface area contributed by atoms with Crippen LogP contribution in [-0.2, 0) is 11.1 Å². The van der Waals surface area contributed by atoms with Crippen molar-refractivity contribution in [1.82, 2.24) is 27.9 Å². The molecule has 256 valence electrons. The Bertz CT molecular complexity index is 2370. The third kappa shape index (κ3) is 3.11. The van der Waals surface area contributed by atoms with Crippen LogP contribution in [0.2, 0.25) is 0 Å². The van der Waals surface area contributed by atoms with E-state index >= 15 is 0 Å². The number of para-hydroxylation sites is 2. The van der Waals surface area contributed by atoms with E-state index in [1.165, 1.54) is 14.7 Å². The first-order valence-corrected chi connectivity index (χ1v) is 18.9. The van der Waals surface area contributed by atoms with Crippen molar-refractivity contribution in [1.29, 1.82) is 0 Å². The van der Waals surface area contributed by atoms with Crippen LogP contribution >= 0.6 is 0 Å². The van der Waals surface area contributed by atoms with E-state index in [4.69, 9.17) is 0 Å². The first-order valence-electron chi connectivity index (χ1n) is 18.9. The van der Waals surface area contributed by atoms with E-state index in [0.717, 1.165) is 77.0 Å². The highest BCUT2D eigenvalue weighted by Crippen LogP contribution is 2.78. The van der Waals surface area contributed by atoms with Crippen LogP contribution < -0.4 is 22.8 Å². The molecule has 7 aliphatic rings. The molecule has 2 aliphatic heterocycles. The molecule has 2 aromatic carbocycles. The lowest BCUT2D eigenvalue weighted by Crippen LogP contribution is -2.52. The molecule has 4 aromatic rings. The minimum absolute atomic E-state index is 0.00792. The van der Waals surface area contributed by atoms with Gasteiger partial charge in [-0.25, -0.2) is 47.0 Å². The lowest BCUT2D eigenvalue weighted by molar-refractivity contribution is 0.0591. The second-order valence-electron chi connectivity index (χ2n) is 16.2. The Balaban J connectivity index is 1.17. The van der Waals surface area contributed by atoms with Gasteiger partial charge < -0.3 is 0 Å². The van der Waals surface area contributed by atoms with Crippen LogP contribution in [0.4, 0.5) is 0 Å². The zero-order valence-electron chi connectivity index (χ0n) is 28.2. The van der Waals surface area contributed by atoms with Crippen LogP contribution in [0.5, 0.6) is 0 Å². The van der Waals surface area contributed by atoms with E-state index in [1.54, 1.807) is 0 Å². The molecule has 2 aromatic heterocycles. The molecular weight excluding hydrogens is 628 g/mol. The number of benzene rings is 2. The highest BCUT2D eigenvalue weighted by atomic mass is 16.2. The maximum Gasteiger partial charge on any atom is 0.352 e. The Kier molecular flexibility index (Phi) is 5.71. The normalized spacial score (nSPS) is 32.0. The molecule has 5 aliphatic carbocycles. The summed E-state index contributed by atoms with van der Waals surface area (Å²) in [5.41, 5.74) is -0.163. The number of hydrogen-bond donors (Lipinski definition) is 0. The number of rotatable bonds is 2. The average molecular weight is 671 g/mol. The van der Waals surface area contributed by atoms with Gasteiger partial charge in [-0.05, 0) is 61.4 Å². The van der Waals surface area contributed by atoms with Crippen LogP contribution in [0.1, 0.15) is 89.1 Å². The highest BCUT2D eigenvalue weighted by Gasteiger charge is 2.78. The predicted octanol–water partition coefficient (Wildman–Crippen LogP) is 5.18. The predicted molar refractivity (Wildman–Crippen MR) is 188 cm³/mol. The van der Waals surface area contributed by atoms with E-state index in [-0.39, 0.29) is 52.6 Å². The molecule has 10 heteroatoms. The summed E-state index contributed by atoms with van der Waals surface area (Å²) in [6.45, 7) is 0. The number of aromatic nitrogens is 6. The van der Waals surface area contributed by atoms with Gasteiger partial charge in [0.15, 0.2) is 0 Å². The van der Waals surface area contributed by atoms with Crippen molar-refractivity contribution >= 4 is 0 Å². The molecule has 0 saturated heterocycles. The summed E-state index contributed by atoms with van der Waals surface area (Å²) in [5.74, 6) is -0.00528. The van der Waals surface area contributed by atoms with Crippen molar-refractivity contribution in [2.45, 2.75) is 100 Å². The van der Waals surface area contributed by atoms with E-state index in [0.29, 0.717) is 11.4 Å². The Morgan fingerprint density at radius 3 is 1.72 bits per heavy atom. The average Bonchev–Trinajstić information content (AvgIpc) is 3.88. The van der Waals surface area contributed by atoms with Gasteiger partial charge in [-0.2, -0.15) is 0 Å². The first kappa shape index (κ1) is 29.2. The summed E-state index contributed by atoms with van der Waals surface area (Å²) in [6.07, 6.45) is 19.1. The van der Waals surface area contributed by atoms with Gasteiger partial charge in [0.05, 0.1) is 34.5 Å². The van der Waals surface area contributed by atoms with Crippen LogP contribution in [0.25, 0.3) is 11.4 Å². The Labute approximate surface area is 288 Å². The molecule has 0 amide bonds. The van der Waals surface area contributed by atoms with Gasteiger partial charge in [0.1, 0.15) is 0 Å². The summed E-state index contributed by atoms with van der Waals surface area (Å²) in [5, 5.41) is 0. The highest BCUT2D eigenvalue weighted by molar-refractivity contribution is 5.47. The van der Waals surface area contributed by atoms with E-state index in [1.807, 2.05) is 79.4 Å². The zero-order chi connectivity index (χ0) is 33.6. The number of allylic oxidation sites excluding steroid dienone is 4. The smallest absolute Gasteiger partial charge is 0.245 e. The van der Waals surface area contributed by atoms with Crippen molar-refractivity contribution in [3.63, 3.8) is 0 Å². The summed E-state index contributed by atoms with van der Waals surface area (Å²) < 4.78 is 10.3. The van der Waals surface area contributed by atoms with Crippen molar-refractivity contribution < 1.29 is 0 Å². The molecule has 11 rings (SSSR count). The molecule has 0 N–H and O–H groups in total. The van der Waals surface area contributed by atoms with Gasteiger partial charge in [-0.3, -0.25) is 0 Å². The fourth-order valence-corrected chi connectivity index (χ4v) is 12.8. The van der Waals surface area contributed by atoms with Gasteiger partial charge in [0, 0.05) is 17.3 Å². The topological polar surface area (TPSA) is 97.9 Å². The molecule has 6 atom stereocenters. The minimum atomic E-state index is -0.554. The van der Waals surface area contributed by atoms with Crippen molar-refractivity contribution in [3.8, 4) is 11.4 Å². The summed E-state index contributed by atoms with van der Waals surface area (Å²) in [7, 11) is 0. The SMILES string of the molecule is O=c1n(-c2ccccc2)c(=O)n2n1C1C(=C[C@H]3[C@@H]1[C@@H]1C=C[C@@]34C1n1c(=O)n(-c3ccccc3)c(=O)n1C41CCCCCC1)C21CCCCCC1. The standard InChI is InChI=1S/C40H42N6O4/c47-34-41(26-15-7-5-8-16-26)36(49)45-38(20-11-1-2-12-21-38)30-25-29-31(32(30)43(34)45)28-19-24-40(29)33(28)44-35(48)42(27-17-9-6-10-18-27)37(50)46(44)39(40)22-13-3-4-14-23-39/h5-10,15-19,24-25,28-29,31-33H,1-4,11-14,20-23H2/t28-,29-,31-,32?,33?,40-/m0/s1. The van der Waals surface area contributed by atoms with Crippen LogP contribution in [0.3, 0.4) is 0 Å². The van der Waals surface area contributed by atoms with Gasteiger partial charge in [0.25, 0.3) is 0 Å². The molecule has 50 heavy (non-hydrogen) atoms. The Morgan fingerprint density at radius 2 is 1.12 bits per heavy atom. The molecular formula is C40H42N6O4. The molecule has 2 unspecified atom stereocenters. The lowest BCUT2D eigenvalue weighted by Gasteiger charge is -2.46. The van der Waals surface area contributed by atoms with Crippen LogP contribution in [0.15, 0.2) is 104 Å². The second kappa shape index (κ2) is 9.80. The second-order valence-corrected chi connectivity index (χ2v) is 16.2. The molecule has 0 radical (unpaired) electrons. The van der Waals surface area contributed by atoms with Gasteiger partial charge in [-0.1, -0.05) is 106 Å². The van der Waals surface area contributed by atoms with Crippen molar-refractivity contribution in [2.24, 2.45) is 23.2 Å². The molecule has 10 nitrogen and oxygen atoms in total. The van der Waals surface area contributed by atoms with Crippen LogP contribution in [0, 0.1) is 23.2 Å². The van der Waals surface area contributed by atoms with Crippen molar-refractivity contribution in [2.75, 3.05) is 0 Å². The quantitative estimate of drug-likeness (QED) is 0.275. The minimum Gasteiger partial charge on any atom is -0.245 e. The van der Waals surface area contributed by atoms with Gasteiger partial charge in [-0.15, -0.1) is 0 Å². The zero-order valence-corrected chi connectivity index (χ0v) is 28.2. The van der Waals surface area contributed by atoms with Crippen LogP contribution in [-0.4, -0.2) is 27.9 Å². The maximum atomic E-state index is 14.7. The maximum absolute atomic E-state index is 14.7. The fraction of sp³-hybridized carbons (Fsp3) is 0.500. The first-order chi connectivity index (χ1) is 24.5. The Morgan fingerprint density at radius 1 is 0.580 bits per heavy atom. The van der Waals surface area contributed by atoms with Gasteiger partial charge >= 0.3 is 22.8 Å². The summed E-state index contributed by atoms with van der Waals surface area (Å²) >= 11 is 0. The molecule has 3 saturated carbocycles. The molecule has 3 fully saturated rings. The van der Waals surface area contributed by atoms with E-state index in [2.05, 4.69) is 18.2 Å². The number of nitrogens with zero attached hydrogens (tertiary/aromatic N) is 6. The third-order valence-corrected chi connectivity index (χ3v) is 14.4. The monoisotopic (exact) mass is 670 g/mol. The lowest BCUT2D eigenvalue weighted by atomic mass is 9.59. The third-order valence-electron chi connectivity index (χ3n) is 14.4. The van der Waals surface area contributed by atoms with Gasteiger partial charge in [0.2, 0.25) is 0 Å². The van der Waals surface area contributed by atoms with E-state index in [9.17, 15) is 19.2 Å². The molecule has 2 bridgehead atoms. The Hall–Kier alpha value is -4.60. The molecule has 4 heterocycles.